The maximum absolute atomic E-state index is 12.3. The molecule has 18 heavy (non-hydrogen) atoms. The molecule has 4 heteroatoms. The van der Waals surface area contributed by atoms with Crippen LogP contribution in [0, 0.1) is 6.92 Å². The molecule has 0 fully saturated rings. The van der Waals surface area contributed by atoms with E-state index in [4.69, 9.17) is 9.47 Å². The fourth-order valence-electron chi connectivity index (χ4n) is 1.77. The van der Waals surface area contributed by atoms with E-state index < -0.39 is 0 Å². The second-order valence-corrected chi connectivity index (χ2v) is 4.78. The normalized spacial score (nSPS) is 10.2. The molecule has 3 nitrogen and oxygen atoms in total. The zero-order chi connectivity index (χ0) is 13.1. The molecule has 1 aromatic carbocycles. The number of ketones is 1. The van der Waals surface area contributed by atoms with Crippen LogP contribution in [-0.2, 0) is 0 Å². The van der Waals surface area contributed by atoms with Gasteiger partial charge in [-0.15, -0.1) is 11.3 Å². The molecule has 0 N–H and O–H groups in total. The van der Waals surface area contributed by atoms with Gasteiger partial charge >= 0.3 is 0 Å². The first-order valence-electron chi connectivity index (χ1n) is 5.48. The highest BCUT2D eigenvalue weighted by molar-refractivity contribution is 7.12. The summed E-state index contributed by atoms with van der Waals surface area (Å²) in [7, 11) is 3.14. The van der Waals surface area contributed by atoms with E-state index in [0.29, 0.717) is 17.1 Å². The van der Waals surface area contributed by atoms with Crippen molar-refractivity contribution < 1.29 is 14.3 Å². The van der Waals surface area contributed by atoms with Gasteiger partial charge in [0.1, 0.15) is 0 Å². The smallest absolute Gasteiger partial charge is 0.203 e. The minimum absolute atomic E-state index is 0.0171. The molecule has 0 amide bonds. The lowest BCUT2D eigenvalue weighted by atomic mass is 10.0. The predicted octanol–water partition coefficient (Wildman–Crippen LogP) is 3.30. The van der Waals surface area contributed by atoms with Crippen molar-refractivity contribution in [3.05, 3.63) is 45.6 Å². The molecular formula is C14H14O3S. The number of rotatable bonds is 4. The summed E-state index contributed by atoms with van der Waals surface area (Å²) in [6.45, 7) is 1.89. The van der Waals surface area contributed by atoms with Gasteiger partial charge < -0.3 is 9.47 Å². The second kappa shape index (κ2) is 5.23. The first-order valence-corrected chi connectivity index (χ1v) is 6.36. The third-order valence-corrected chi connectivity index (χ3v) is 3.59. The predicted molar refractivity (Wildman–Crippen MR) is 72.0 cm³/mol. The van der Waals surface area contributed by atoms with Gasteiger partial charge in [0.25, 0.3) is 0 Å². The lowest BCUT2D eigenvalue weighted by Gasteiger charge is -2.11. The number of carbonyl (C=O) groups is 1. The summed E-state index contributed by atoms with van der Waals surface area (Å²) in [4.78, 5) is 13.0. The standard InChI is InChI=1S/C14H14O3S/c1-9-7-11(16-2)12(17-3)8-10(9)14(15)13-5-4-6-18-13/h4-8H,1-3H3. The first-order chi connectivity index (χ1) is 8.67. The van der Waals surface area contributed by atoms with Gasteiger partial charge in [-0.25, -0.2) is 0 Å². The van der Waals surface area contributed by atoms with E-state index in [-0.39, 0.29) is 5.78 Å². The van der Waals surface area contributed by atoms with Gasteiger partial charge in [-0.2, -0.15) is 0 Å². The van der Waals surface area contributed by atoms with E-state index in [2.05, 4.69) is 0 Å². The van der Waals surface area contributed by atoms with Crippen LogP contribution in [0.15, 0.2) is 29.6 Å². The molecule has 0 bridgehead atoms. The number of benzene rings is 1. The van der Waals surface area contributed by atoms with Crippen molar-refractivity contribution in [1.29, 1.82) is 0 Å². The second-order valence-electron chi connectivity index (χ2n) is 3.83. The molecule has 1 aromatic heterocycles. The molecule has 0 atom stereocenters. The van der Waals surface area contributed by atoms with Crippen molar-refractivity contribution in [2.45, 2.75) is 6.92 Å². The van der Waals surface area contributed by atoms with Crippen molar-refractivity contribution in [2.24, 2.45) is 0 Å². The third kappa shape index (κ3) is 2.24. The van der Waals surface area contributed by atoms with Crippen LogP contribution in [0.5, 0.6) is 11.5 Å². The lowest BCUT2D eigenvalue weighted by molar-refractivity contribution is 0.104. The Hall–Kier alpha value is -1.81. The average molecular weight is 262 g/mol. The summed E-state index contributed by atoms with van der Waals surface area (Å²) in [6, 6.07) is 7.24. The topological polar surface area (TPSA) is 35.5 Å². The van der Waals surface area contributed by atoms with Gasteiger partial charge in [0.15, 0.2) is 11.5 Å². The summed E-state index contributed by atoms with van der Waals surface area (Å²) >= 11 is 1.44. The highest BCUT2D eigenvalue weighted by Gasteiger charge is 2.16. The number of hydrogen-bond acceptors (Lipinski definition) is 4. The van der Waals surface area contributed by atoms with E-state index >= 15 is 0 Å². The SMILES string of the molecule is COc1cc(C)c(C(=O)c2cccs2)cc1OC. The van der Waals surface area contributed by atoms with Crippen molar-refractivity contribution in [3.8, 4) is 11.5 Å². The Bertz CT molecular complexity index is 559. The molecule has 0 unspecified atom stereocenters. The maximum Gasteiger partial charge on any atom is 0.203 e. The monoisotopic (exact) mass is 262 g/mol. The molecule has 0 spiro atoms. The number of carbonyl (C=O) groups excluding carboxylic acids is 1. The summed E-state index contributed by atoms with van der Waals surface area (Å²) in [5.41, 5.74) is 1.53. The summed E-state index contributed by atoms with van der Waals surface area (Å²) in [5.74, 6) is 1.23. The number of thiophene rings is 1. The van der Waals surface area contributed by atoms with Crippen molar-refractivity contribution in [2.75, 3.05) is 14.2 Å². The van der Waals surface area contributed by atoms with Crippen molar-refractivity contribution >= 4 is 17.1 Å². The maximum atomic E-state index is 12.3. The van der Waals surface area contributed by atoms with Crippen molar-refractivity contribution in [1.82, 2.24) is 0 Å². The van der Waals surface area contributed by atoms with Gasteiger partial charge in [-0.05, 0) is 36.1 Å². The Kier molecular flexibility index (Phi) is 3.67. The molecule has 0 saturated heterocycles. The molecular weight excluding hydrogens is 248 g/mol. The van der Waals surface area contributed by atoms with Crippen LogP contribution in [0.1, 0.15) is 20.8 Å². The fourth-order valence-corrected chi connectivity index (χ4v) is 2.44. The molecule has 0 saturated carbocycles. The van der Waals surface area contributed by atoms with E-state index in [1.807, 2.05) is 30.5 Å². The minimum Gasteiger partial charge on any atom is -0.493 e. The Balaban J connectivity index is 2.48. The van der Waals surface area contributed by atoms with Gasteiger partial charge in [0, 0.05) is 5.56 Å². The van der Waals surface area contributed by atoms with E-state index in [1.165, 1.54) is 11.3 Å². The van der Waals surface area contributed by atoms with Crippen LogP contribution < -0.4 is 9.47 Å². The number of ether oxygens (including phenoxy) is 2. The van der Waals surface area contributed by atoms with Gasteiger partial charge in [-0.3, -0.25) is 4.79 Å². The molecule has 0 radical (unpaired) electrons. The number of hydrogen-bond donors (Lipinski definition) is 0. The minimum atomic E-state index is 0.0171. The van der Waals surface area contributed by atoms with Gasteiger partial charge in [-0.1, -0.05) is 6.07 Å². The van der Waals surface area contributed by atoms with E-state index in [0.717, 1.165) is 10.4 Å². The van der Waals surface area contributed by atoms with Crippen LogP contribution in [0.2, 0.25) is 0 Å². The van der Waals surface area contributed by atoms with Crippen LogP contribution in [0.25, 0.3) is 0 Å². The highest BCUT2D eigenvalue weighted by atomic mass is 32.1. The zero-order valence-electron chi connectivity index (χ0n) is 10.5. The van der Waals surface area contributed by atoms with Crippen molar-refractivity contribution in [3.63, 3.8) is 0 Å². The molecule has 0 aliphatic rings. The molecule has 0 aliphatic carbocycles. The Labute approximate surface area is 110 Å². The van der Waals surface area contributed by atoms with Crippen LogP contribution in [0.3, 0.4) is 0 Å². The molecule has 0 aliphatic heterocycles. The first kappa shape index (κ1) is 12.6. The molecule has 2 rings (SSSR count). The largest absolute Gasteiger partial charge is 0.493 e. The Morgan fingerprint density at radius 3 is 2.39 bits per heavy atom. The molecule has 1 heterocycles. The van der Waals surface area contributed by atoms with Crippen LogP contribution >= 0.6 is 11.3 Å². The third-order valence-electron chi connectivity index (χ3n) is 2.72. The van der Waals surface area contributed by atoms with E-state index in [9.17, 15) is 4.79 Å². The Morgan fingerprint density at radius 1 is 1.17 bits per heavy atom. The summed E-state index contributed by atoms with van der Waals surface area (Å²) in [6.07, 6.45) is 0. The number of methoxy groups -OCH3 is 2. The molecule has 2 aromatic rings. The van der Waals surface area contributed by atoms with Crippen LogP contribution in [-0.4, -0.2) is 20.0 Å². The zero-order valence-corrected chi connectivity index (χ0v) is 11.3. The average Bonchev–Trinajstić information content (AvgIpc) is 2.91. The highest BCUT2D eigenvalue weighted by Crippen LogP contribution is 2.31. The molecule has 94 valence electrons. The Morgan fingerprint density at radius 2 is 1.83 bits per heavy atom. The van der Waals surface area contributed by atoms with Gasteiger partial charge in [0.05, 0.1) is 19.1 Å². The summed E-state index contributed by atoms with van der Waals surface area (Å²) < 4.78 is 10.4. The summed E-state index contributed by atoms with van der Waals surface area (Å²) in [5, 5.41) is 1.89. The quantitative estimate of drug-likeness (QED) is 0.793. The lowest BCUT2D eigenvalue weighted by Crippen LogP contribution is -2.03. The van der Waals surface area contributed by atoms with Crippen LogP contribution in [0.4, 0.5) is 0 Å². The fraction of sp³-hybridized carbons (Fsp3) is 0.214. The van der Waals surface area contributed by atoms with Gasteiger partial charge in [0.2, 0.25) is 5.78 Å². The number of aryl methyl sites for hydroxylation is 1. The van der Waals surface area contributed by atoms with E-state index in [1.54, 1.807) is 20.3 Å².